The lowest BCUT2D eigenvalue weighted by Gasteiger charge is -2.44. The van der Waals surface area contributed by atoms with Crippen LogP contribution in [0.25, 0.3) is 0 Å². The third-order valence-electron chi connectivity index (χ3n) is 7.96. The highest BCUT2D eigenvalue weighted by Crippen LogP contribution is 2.52. The molecule has 0 bridgehead atoms. The Kier molecular flexibility index (Phi) is 8.21. The van der Waals surface area contributed by atoms with Crippen LogP contribution in [0.4, 0.5) is 0 Å². The predicted molar refractivity (Wildman–Crippen MR) is 140 cm³/mol. The van der Waals surface area contributed by atoms with E-state index in [1.165, 1.54) is 25.3 Å². The van der Waals surface area contributed by atoms with E-state index in [0.717, 1.165) is 6.92 Å². The van der Waals surface area contributed by atoms with Crippen LogP contribution in [0, 0.1) is 0 Å². The Morgan fingerprint density at radius 3 is 2.37 bits per heavy atom. The third kappa shape index (κ3) is 4.58. The monoisotopic (exact) mass is 595 g/mol. The smallest absolute Gasteiger partial charge is 0.202 e. The van der Waals surface area contributed by atoms with E-state index in [1.807, 2.05) is 0 Å². The molecule has 3 aliphatic rings. The van der Waals surface area contributed by atoms with Gasteiger partial charge < -0.3 is 50.6 Å². The molecular weight excluding hydrogens is 566 g/mol. The Labute approximate surface area is 239 Å². The van der Waals surface area contributed by atoms with Crippen molar-refractivity contribution in [3.05, 3.63) is 51.6 Å². The Morgan fingerprint density at radius 1 is 1.10 bits per heavy atom. The molecule has 0 amide bonds. The number of fused-ring (bicyclic) bond motifs is 3. The predicted octanol–water partition coefficient (Wildman–Crippen LogP) is -0.606. The van der Waals surface area contributed by atoms with Crippen molar-refractivity contribution in [2.75, 3.05) is 13.7 Å². The van der Waals surface area contributed by atoms with Gasteiger partial charge in [0, 0.05) is 29.5 Å². The van der Waals surface area contributed by atoms with E-state index in [0.29, 0.717) is 0 Å². The maximum Gasteiger partial charge on any atom is 0.202 e. The molecule has 1 heterocycles. The Morgan fingerprint density at radius 2 is 1.76 bits per heavy atom. The lowest BCUT2D eigenvalue weighted by atomic mass is 9.72. The van der Waals surface area contributed by atoms with Crippen LogP contribution in [-0.4, -0.2) is 98.0 Å². The first-order valence-corrected chi connectivity index (χ1v) is 12.5. The molecule has 0 aromatic heterocycles. The number of carbonyl (C=O) groups excluding carboxylic acids is 3. The number of benzene rings is 2. The largest absolute Gasteiger partial charge is 0.507 e. The highest BCUT2D eigenvalue weighted by molar-refractivity contribution is 6.31. The molecule has 7 atom stereocenters. The lowest BCUT2D eigenvalue weighted by Crippen LogP contribution is -2.62. The zero-order valence-electron chi connectivity index (χ0n) is 21.9. The van der Waals surface area contributed by atoms with Crippen LogP contribution in [-0.2, 0) is 20.7 Å². The quantitative estimate of drug-likeness (QED) is 0.183. The molecule has 222 valence electrons. The lowest BCUT2D eigenvalue weighted by molar-refractivity contribution is -0.283. The summed E-state index contributed by atoms with van der Waals surface area (Å²) in [6, 6.07) is 2.94. The van der Waals surface area contributed by atoms with Crippen molar-refractivity contribution < 1.29 is 59.2 Å². The van der Waals surface area contributed by atoms with Gasteiger partial charge in [0.2, 0.25) is 5.78 Å². The second-order valence-electron chi connectivity index (χ2n) is 10.3. The van der Waals surface area contributed by atoms with Gasteiger partial charge in [-0.3, -0.25) is 14.4 Å². The zero-order valence-corrected chi connectivity index (χ0v) is 22.8. The molecule has 0 saturated carbocycles. The van der Waals surface area contributed by atoms with Crippen LogP contribution in [0.1, 0.15) is 62.4 Å². The molecule has 13 nitrogen and oxygen atoms in total. The number of methoxy groups -OCH3 is 1. The maximum atomic E-state index is 13.7. The Hall–Kier alpha value is -3.14. The molecule has 41 heavy (non-hydrogen) atoms. The first kappa shape index (κ1) is 30.8. The zero-order chi connectivity index (χ0) is 29.3. The van der Waals surface area contributed by atoms with Gasteiger partial charge in [0.05, 0.1) is 42.6 Å². The minimum Gasteiger partial charge on any atom is -0.507 e. The summed E-state index contributed by atoms with van der Waals surface area (Å²) >= 11 is 0. The molecule has 2 aromatic rings. The minimum absolute atomic E-state index is 0. The fraction of sp³-hybridized carbons (Fsp3) is 0.444. The van der Waals surface area contributed by atoms with Crippen molar-refractivity contribution in [1.82, 2.24) is 0 Å². The Bertz CT molecular complexity index is 1430. The van der Waals surface area contributed by atoms with Crippen molar-refractivity contribution in [2.45, 2.75) is 62.1 Å². The van der Waals surface area contributed by atoms with E-state index in [1.54, 1.807) is 0 Å². The van der Waals surface area contributed by atoms with E-state index in [4.69, 9.17) is 19.9 Å². The van der Waals surface area contributed by atoms with Gasteiger partial charge in [0.25, 0.3) is 0 Å². The number of halogens is 1. The summed E-state index contributed by atoms with van der Waals surface area (Å²) in [5.41, 5.74) is 2.26. The molecule has 0 spiro atoms. The van der Waals surface area contributed by atoms with Crippen molar-refractivity contribution in [1.29, 1.82) is 0 Å². The highest BCUT2D eigenvalue weighted by atomic mass is 35.5. The van der Waals surface area contributed by atoms with Gasteiger partial charge in [-0.1, -0.05) is 12.1 Å². The summed E-state index contributed by atoms with van der Waals surface area (Å²) < 4.78 is 16.7. The number of aromatic hydroxyl groups is 2. The summed E-state index contributed by atoms with van der Waals surface area (Å²) in [7, 11) is 1.30. The standard InChI is InChI=1S/C27H29NO12.ClH/c1-9(30)27(37)6-11-16(13(7-27)39-26-19(28)25(36)22(33)14(8-29)40-26)24(35)18-17(21(11)32)20(31)10-4-3-5-12(38-2)15(10)23(18)34;/h3-5,13-14,19,22,25-26,29,32-33,35-37H,6-8,28H2,1-2H3;1H/t13-,14+,19+,22+,25+,26+,27-;/m0./s1. The Balaban J connectivity index is 0.00000387. The van der Waals surface area contributed by atoms with Gasteiger partial charge in [-0.15, -0.1) is 12.4 Å². The molecule has 2 aliphatic carbocycles. The van der Waals surface area contributed by atoms with Gasteiger partial charge in [0.1, 0.15) is 41.2 Å². The van der Waals surface area contributed by atoms with Crippen LogP contribution < -0.4 is 10.5 Å². The highest BCUT2D eigenvalue weighted by Gasteiger charge is 2.51. The third-order valence-corrected chi connectivity index (χ3v) is 7.96. The van der Waals surface area contributed by atoms with E-state index >= 15 is 0 Å². The van der Waals surface area contributed by atoms with Crippen LogP contribution in [0.2, 0.25) is 0 Å². The normalized spacial score (nSPS) is 30.5. The molecule has 1 saturated heterocycles. The number of carbonyl (C=O) groups is 3. The summed E-state index contributed by atoms with van der Waals surface area (Å²) in [6.45, 7) is 0.403. The van der Waals surface area contributed by atoms with Crippen LogP contribution in [0.3, 0.4) is 0 Å². The van der Waals surface area contributed by atoms with E-state index in [9.17, 15) is 45.0 Å². The van der Waals surface area contributed by atoms with Gasteiger partial charge in [-0.05, 0) is 13.0 Å². The SMILES string of the molecule is COc1cccc2c1C(=O)c1c(O)c3c(c(O)c1C2=O)C[C@@](O)(C(C)=O)C[C@@H]3O[C@@H]1O[C@H](CO)[C@@H](O)[C@H](O)[C@H]1N.Cl. The summed E-state index contributed by atoms with van der Waals surface area (Å²) in [4.78, 5) is 39.7. The molecule has 8 N–H and O–H groups in total. The number of hydrogen-bond donors (Lipinski definition) is 7. The molecule has 1 fully saturated rings. The summed E-state index contributed by atoms with van der Waals surface area (Å²) in [5.74, 6) is -3.68. The van der Waals surface area contributed by atoms with Crippen molar-refractivity contribution >= 4 is 29.8 Å². The molecule has 0 radical (unpaired) electrons. The number of ether oxygens (including phenoxy) is 3. The topological polar surface area (TPSA) is 226 Å². The van der Waals surface area contributed by atoms with Crippen LogP contribution >= 0.6 is 12.4 Å². The first-order chi connectivity index (χ1) is 18.9. The number of phenolic OH excluding ortho intramolecular Hbond substituents is 2. The number of Topliss-reactive ketones (excluding diaryl/α,β-unsaturated/α-hetero) is 1. The van der Waals surface area contributed by atoms with Gasteiger partial charge in [-0.2, -0.15) is 0 Å². The van der Waals surface area contributed by atoms with Gasteiger partial charge in [0.15, 0.2) is 17.9 Å². The molecule has 0 unspecified atom stereocenters. The molecule has 1 aliphatic heterocycles. The van der Waals surface area contributed by atoms with E-state index in [2.05, 4.69) is 0 Å². The number of ketones is 3. The van der Waals surface area contributed by atoms with E-state index in [-0.39, 0.29) is 40.4 Å². The number of nitrogens with two attached hydrogens (primary N) is 1. The number of aliphatic hydroxyl groups is 4. The van der Waals surface area contributed by atoms with E-state index < -0.39 is 102 Å². The fourth-order valence-corrected chi connectivity index (χ4v) is 5.69. The van der Waals surface area contributed by atoms with Gasteiger partial charge in [-0.25, -0.2) is 0 Å². The molecular formula is C27H30ClNO12. The summed E-state index contributed by atoms with van der Waals surface area (Å²) in [5, 5.41) is 64.1. The van der Waals surface area contributed by atoms with Gasteiger partial charge >= 0.3 is 0 Å². The number of rotatable bonds is 5. The summed E-state index contributed by atoms with van der Waals surface area (Å²) in [6.07, 6.45) is -8.45. The molecule has 14 heteroatoms. The number of hydrogen-bond acceptors (Lipinski definition) is 13. The van der Waals surface area contributed by atoms with Crippen molar-refractivity contribution in [2.24, 2.45) is 5.73 Å². The maximum absolute atomic E-state index is 13.7. The average molecular weight is 596 g/mol. The molecule has 5 rings (SSSR count). The molecule has 2 aromatic carbocycles. The van der Waals surface area contributed by atoms with Crippen molar-refractivity contribution in [3.63, 3.8) is 0 Å². The fourth-order valence-electron chi connectivity index (χ4n) is 5.69. The second kappa shape index (κ2) is 10.9. The first-order valence-electron chi connectivity index (χ1n) is 12.5. The van der Waals surface area contributed by atoms with Crippen molar-refractivity contribution in [3.8, 4) is 17.2 Å². The van der Waals surface area contributed by atoms with Crippen LogP contribution in [0.15, 0.2) is 18.2 Å². The number of phenols is 2. The minimum atomic E-state index is -2.13. The van der Waals surface area contributed by atoms with Crippen LogP contribution in [0.5, 0.6) is 17.2 Å². The number of aliphatic hydroxyl groups excluding tert-OH is 3. The second-order valence-corrected chi connectivity index (χ2v) is 10.3. The average Bonchev–Trinajstić information content (AvgIpc) is 2.93.